The Morgan fingerprint density at radius 1 is 1.32 bits per heavy atom. The molecular formula is C14H26N2O3. The zero-order valence-corrected chi connectivity index (χ0v) is 12.0. The van der Waals surface area contributed by atoms with Crippen molar-refractivity contribution in [3.05, 3.63) is 0 Å². The summed E-state index contributed by atoms with van der Waals surface area (Å²) in [6.07, 6.45) is 4.97. The molecule has 1 amide bonds. The Labute approximate surface area is 115 Å². The van der Waals surface area contributed by atoms with Crippen molar-refractivity contribution < 1.29 is 14.7 Å². The highest BCUT2D eigenvalue weighted by Gasteiger charge is 2.30. The molecule has 0 aliphatic heterocycles. The van der Waals surface area contributed by atoms with E-state index in [1.165, 1.54) is 0 Å². The van der Waals surface area contributed by atoms with Gasteiger partial charge in [0.1, 0.15) is 0 Å². The van der Waals surface area contributed by atoms with Gasteiger partial charge in [-0.15, -0.1) is 0 Å². The van der Waals surface area contributed by atoms with E-state index in [0.29, 0.717) is 12.5 Å². The summed E-state index contributed by atoms with van der Waals surface area (Å²) < 4.78 is 0. The fourth-order valence-electron chi connectivity index (χ4n) is 2.57. The predicted octanol–water partition coefficient (Wildman–Crippen LogP) is 1.61. The first kappa shape index (κ1) is 16.0. The quantitative estimate of drug-likeness (QED) is 0.736. The lowest BCUT2D eigenvalue weighted by atomic mass is 10.1. The number of nitrogens with zero attached hydrogens (tertiary/aromatic N) is 1. The van der Waals surface area contributed by atoms with Gasteiger partial charge in [0.15, 0.2) is 0 Å². The Morgan fingerprint density at radius 2 is 1.89 bits per heavy atom. The van der Waals surface area contributed by atoms with Crippen molar-refractivity contribution in [1.29, 1.82) is 0 Å². The van der Waals surface area contributed by atoms with Crippen LogP contribution in [-0.2, 0) is 9.59 Å². The van der Waals surface area contributed by atoms with Gasteiger partial charge in [-0.3, -0.25) is 9.59 Å². The van der Waals surface area contributed by atoms with Gasteiger partial charge in [0.05, 0.1) is 12.5 Å². The number of aliphatic carboxylic acids is 1. The van der Waals surface area contributed by atoms with Crippen molar-refractivity contribution in [3.8, 4) is 0 Å². The topological polar surface area (TPSA) is 83.6 Å². The third kappa shape index (κ3) is 5.19. The van der Waals surface area contributed by atoms with Crippen LogP contribution in [0.1, 0.15) is 52.4 Å². The van der Waals surface area contributed by atoms with E-state index >= 15 is 0 Å². The molecule has 1 fully saturated rings. The van der Waals surface area contributed by atoms with Gasteiger partial charge < -0.3 is 15.7 Å². The first-order valence-corrected chi connectivity index (χ1v) is 7.19. The highest BCUT2D eigenvalue weighted by Crippen LogP contribution is 2.24. The number of carbonyl (C=O) groups excluding carboxylic acids is 1. The van der Waals surface area contributed by atoms with Crippen LogP contribution in [-0.4, -0.2) is 40.5 Å². The number of nitrogens with two attached hydrogens (primary N) is 1. The van der Waals surface area contributed by atoms with Gasteiger partial charge in [-0.2, -0.15) is 0 Å². The van der Waals surface area contributed by atoms with E-state index in [1.807, 2.05) is 4.90 Å². The van der Waals surface area contributed by atoms with Crippen LogP contribution in [0.3, 0.4) is 0 Å². The second-order valence-corrected chi connectivity index (χ2v) is 5.86. The minimum absolute atomic E-state index is 0.199. The number of carboxylic acid groups (broad SMARTS) is 1. The molecule has 1 aliphatic carbocycles. The molecule has 5 heteroatoms. The minimum Gasteiger partial charge on any atom is -0.481 e. The maximum absolute atomic E-state index is 12.3. The van der Waals surface area contributed by atoms with Crippen LogP contribution in [0, 0.1) is 5.92 Å². The van der Waals surface area contributed by atoms with Crippen LogP contribution in [0.5, 0.6) is 0 Å². The molecule has 0 saturated heterocycles. The second-order valence-electron chi connectivity index (χ2n) is 5.86. The monoisotopic (exact) mass is 270 g/mol. The van der Waals surface area contributed by atoms with E-state index in [-0.39, 0.29) is 18.4 Å². The van der Waals surface area contributed by atoms with Crippen LogP contribution in [0.25, 0.3) is 0 Å². The number of rotatable bonds is 7. The third-order valence-corrected chi connectivity index (χ3v) is 3.71. The van der Waals surface area contributed by atoms with E-state index in [4.69, 9.17) is 10.8 Å². The van der Waals surface area contributed by atoms with Gasteiger partial charge in [0.2, 0.25) is 5.91 Å². The molecule has 0 radical (unpaired) electrons. The zero-order chi connectivity index (χ0) is 14.4. The fourth-order valence-corrected chi connectivity index (χ4v) is 2.57. The first-order chi connectivity index (χ1) is 8.91. The molecule has 1 saturated carbocycles. The Balaban J connectivity index is 2.65. The van der Waals surface area contributed by atoms with Crippen LogP contribution < -0.4 is 5.73 Å². The van der Waals surface area contributed by atoms with Crippen molar-refractivity contribution in [2.45, 2.75) is 64.5 Å². The van der Waals surface area contributed by atoms with Crippen molar-refractivity contribution in [2.24, 2.45) is 11.7 Å². The molecule has 0 heterocycles. The molecule has 1 atom stereocenters. The summed E-state index contributed by atoms with van der Waals surface area (Å²) in [6.45, 7) is 4.93. The lowest BCUT2D eigenvalue weighted by molar-refractivity contribution is -0.143. The molecule has 0 aromatic heterocycles. The number of hydrogen-bond donors (Lipinski definition) is 2. The van der Waals surface area contributed by atoms with Crippen LogP contribution in [0.2, 0.25) is 0 Å². The van der Waals surface area contributed by atoms with E-state index in [9.17, 15) is 9.59 Å². The third-order valence-electron chi connectivity index (χ3n) is 3.71. The SMILES string of the molecule is CC(C)CCN(C(=O)C(N)CC(=O)O)C1CCCC1. The van der Waals surface area contributed by atoms with Gasteiger partial charge in [-0.1, -0.05) is 26.7 Å². The summed E-state index contributed by atoms with van der Waals surface area (Å²) in [5, 5.41) is 8.75. The molecule has 0 aromatic carbocycles. The normalized spacial score (nSPS) is 17.7. The molecule has 5 nitrogen and oxygen atoms in total. The molecule has 0 bridgehead atoms. The average Bonchev–Trinajstić information content (AvgIpc) is 2.81. The average molecular weight is 270 g/mol. The molecular weight excluding hydrogens is 244 g/mol. The molecule has 1 rings (SSSR count). The standard InChI is InChI=1S/C14H26N2O3/c1-10(2)7-8-16(11-5-3-4-6-11)14(19)12(15)9-13(17)18/h10-12H,3-9,15H2,1-2H3,(H,17,18). The van der Waals surface area contributed by atoms with Crippen molar-refractivity contribution >= 4 is 11.9 Å². The predicted molar refractivity (Wildman–Crippen MR) is 73.7 cm³/mol. The molecule has 19 heavy (non-hydrogen) atoms. The molecule has 1 unspecified atom stereocenters. The van der Waals surface area contributed by atoms with Crippen molar-refractivity contribution in [3.63, 3.8) is 0 Å². The first-order valence-electron chi connectivity index (χ1n) is 7.19. The second kappa shape index (κ2) is 7.48. The lowest BCUT2D eigenvalue weighted by Gasteiger charge is -2.31. The van der Waals surface area contributed by atoms with Crippen LogP contribution in [0.15, 0.2) is 0 Å². The molecule has 1 aliphatic rings. The summed E-state index contributed by atoms with van der Waals surface area (Å²) in [5.74, 6) is -0.696. The summed E-state index contributed by atoms with van der Waals surface area (Å²) >= 11 is 0. The minimum atomic E-state index is -1.02. The van der Waals surface area contributed by atoms with Crippen LogP contribution >= 0.6 is 0 Å². The summed E-state index contributed by atoms with van der Waals surface area (Å²) in [6, 6.07) is -0.656. The molecule has 110 valence electrons. The van der Waals surface area contributed by atoms with E-state index in [1.54, 1.807) is 0 Å². The zero-order valence-electron chi connectivity index (χ0n) is 12.0. The maximum atomic E-state index is 12.3. The number of amides is 1. The molecule has 3 N–H and O–H groups in total. The summed E-state index contributed by atoms with van der Waals surface area (Å²) in [7, 11) is 0. The van der Waals surface area contributed by atoms with Gasteiger partial charge in [0.25, 0.3) is 0 Å². The highest BCUT2D eigenvalue weighted by atomic mass is 16.4. The Bertz CT molecular complexity index is 312. The smallest absolute Gasteiger partial charge is 0.305 e. The summed E-state index contributed by atoms with van der Waals surface area (Å²) in [5.41, 5.74) is 5.72. The fraction of sp³-hybridized carbons (Fsp3) is 0.857. The molecule has 0 aromatic rings. The number of carboxylic acids is 1. The Morgan fingerprint density at radius 3 is 2.37 bits per heavy atom. The van der Waals surface area contributed by atoms with Gasteiger partial charge in [-0.25, -0.2) is 0 Å². The van der Waals surface area contributed by atoms with Crippen molar-refractivity contribution in [1.82, 2.24) is 4.90 Å². The van der Waals surface area contributed by atoms with Crippen molar-refractivity contribution in [2.75, 3.05) is 6.54 Å². The Kier molecular flexibility index (Phi) is 6.28. The van der Waals surface area contributed by atoms with E-state index < -0.39 is 12.0 Å². The van der Waals surface area contributed by atoms with Crippen LogP contribution in [0.4, 0.5) is 0 Å². The lowest BCUT2D eigenvalue weighted by Crippen LogP contribution is -2.49. The summed E-state index contributed by atoms with van der Waals surface area (Å²) in [4.78, 5) is 24.8. The number of hydrogen-bond acceptors (Lipinski definition) is 3. The highest BCUT2D eigenvalue weighted by molar-refractivity contribution is 5.86. The van der Waals surface area contributed by atoms with Gasteiger partial charge in [-0.05, 0) is 25.2 Å². The Hall–Kier alpha value is -1.10. The number of carbonyl (C=O) groups is 2. The molecule has 0 spiro atoms. The van der Waals surface area contributed by atoms with E-state index in [2.05, 4.69) is 13.8 Å². The van der Waals surface area contributed by atoms with Gasteiger partial charge >= 0.3 is 5.97 Å². The van der Waals surface area contributed by atoms with E-state index in [0.717, 1.165) is 32.1 Å². The maximum Gasteiger partial charge on any atom is 0.305 e. The van der Waals surface area contributed by atoms with Gasteiger partial charge in [0, 0.05) is 12.6 Å². The largest absolute Gasteiger partial charge is 0.481 e.